The molecule has 0 N–H and O–H groups in total. The van der Waals surface area contributed by atoms with Gasteiger partial charge in [-0.25, -0.2) is 0 Å². The Labute approximate surface area is 135 Å². The summed E-state index contributed by atoms with van der Waals surface area (Å²) in [4.78, 5) is 24.6. The molecular weight excluding hydrogens is 280 g/mol. The van der Waals surface area contributed by atoms with Crippen LogP contribution in [0.15, 0.2) is 0 Å². The highest BCUT2D eigenvalue weighted by molar-refractivity contribution is 5.83. The standard InChI is InChI=1S/C18H34O4/c1-5-9-13-21-16(19)15-18(11-7-3,12-8-4)17(20)22-14-10-6-2/h5-15H2,1-4H3. The Kier molecular flexibility index (Phi) is 11.9. The van der Waals surface area contributed by atoms with Crippen LogP contribution in [0.25, 0.3) is 0 Å². The van der Waals surface area contributed by atoms with Crippen LogP contribution >= 0.6 is 0 Å². The van der Waals surface area contributed by atoms with Gasteiger partial charge >= 0.3 is 11.9 Å². The number of hydrogen-bond donors (Lipinski definition) is 0. The van der Waals surface area contributed by atoms with Gasteiger partial charge in [-0.2, -0.15) is 0 Å². The summed E-state index contributed by atoms with van der Waals surface area (Å²) in [5.41, 5.74) is -0.708. The van der Waals surface area contributed by atoms with Crippen molar-refractivity contribution >= 4 is 11.9 Å². The molecule has 0 heterocycles. The first-order valence-electron chi connectivity index (χ1n) is 8.89. The van der Waals surface area contributed by atoms with Gasteiger partial charge in [-0.1, -0.05) is 53.4 Å². The molecule has 0 aromatic heterocycles. The molecule has 22 heavy (non-hydrogen) atoms. The van der Waals surface area contributed by atoms with Crippen LogP contribution in [-0.4, -0.2) is 25.2 Å². The van der Waals surface area contributed by atoms with Gasteiger partial charge in [-0.15, -0.1) is 0 Å². The van der Waals surface area contributed by atoms with Crippen molar-refractivity contribution in [3.63, 3.8) is 0 Å². The fourth-order valence-corrected chi connectivity index (χ4v) is 2.66. The molecule has 0 aromatic rings. The average molecular weight is 314 g/mol. The van der Waals surface area contributed by atoms with Gasteiger partial charge in [-0.3, -0.25) is 9.59 Å². The molecule has 4 nitrogen and oxygen atoms in total. The van der Waals surface area contributed by atoms with Crippen LogP contribution in [0, 0.1) is 5.41 Å². The first kappa shape index (κ1) is 20.9. The van der Waals surface area contributed by atoms with Crippen LogP contribution in [0.4, 0.5) is 0 Å². The van der Waals surface area contributed by atoms with Crippen LogP contribution in [-0.2, 0) is 19.1 Å². The van der Waals surface area contributed by atoms with Crippen molar-refractivity contribution in [2.45, 2.75) is 85.5 Å². The summed E-state index contributed by atoms with van der Waals surface area (Å²) < 4.78 is 10.7. The second kappa shape index (κ2) is 12.5. The monoisotopic (exact) mass is 314 g/mol. The lowest BCUT2D eigenvalue weighted by Gasteiger charge is -2.30. The molecule has 0 amide bonds. The maximum Gasteiger partial charge on any atom is 0.312 e. The highest BCUT2D eigenvalue weighted by Crippen LogP contribution is 2.36. The van der Waals surface area contributed by atoms with Gasteiger partial charge in [0.15, 0.2) is 0 Å². The second-order valence-corrected chi connectivity index (χ2v) is 6.02. The summed E-state index contributed by atoms with van der Waals surface area (Å²) in [5.74, 6) is -0.500. The van der Waals surface area contributed by atoms with Gasteiger partial charge in [0.25, 0.3) is 0 Å². The van der Waals surface area contributed by atoms with E-state index in [1.807, 2.05) is 13.8 Å². The van der Waals surface area contributed by atoms with Gasteiger partial charge < -0.3 is 9.47 Å². The molecular formula is C18H34O4. The van der Waals surface area contributed by atoms with Crippen LogP contribution < -0.4 is 0 Å². The molecule has 0 unspecified atom stereocenters. The van der Waals surface area contributed by atoms with E-state index >= 15 is 0 Å². The minimum Gasteiger partial charge on any atom is -0.466 e. The molecule has 0 aliphatic rings. The van der Waals surface area contributed by atoms with E-state index in [0.717, 1.165) is 38.5 Å². The Bertz CT molecular complexity index is 306. The molecule has 4 heteroatoms. The summed E-state index contributed by atoms with van der Waals surface area (Å²) in [6.07, 6.45) is 6.90. The van der Waals surface area contributed by atoms with Gasteiger partial charge in [-0.05, 0) is 25.7 Å². The van der Waals surface area contributed by atoms with Crippen LogP contribution in [0.5, 0.6) is 0 Å². The predicted molar refractivity (Wildman–Crippen MR) is 88.6 cm³/mol. The third-order valence-electron chi connectivity index (χ3n) is 3.86. The maximum absolute atomic E-state index is 12.6. The molecule has 130 valence electrons. The molecule has 0 bridgehead atoms. The highest BCUT2D eigenvalue weighted by Gasteiger charge is 2.40. The fourth-order valence-electron chi connectivity index (χ4n) is 2.66. The lowest BCUT2D eigenvalue weighted by atomic mass is 9.76. The lowest BCUT2D eigenvalue weighted by molar-refractivity contribution is -0.164. The van der Waals surface area contributed by atoms with E-state index in [1.165, 1.54) is 0 Å². The van der Waals surface area contributed by atoms with Crippen molar-refractivity contribution in [3.8, 4) is 0 Å². The van der Waals surface area contributed by atoms with Gasteiger partial charge in [0.1, 0.15) is 0 Å². The van der Waals surface area contributed by atoms with Gasteiger partial charge in [0.2, 0.25) is 0 Å². The van der Waals surface area contributed by atoms with E-state index in [2.05, 4.69) is 13.8 Å². The molecule has 0 saturated carbocycles. The molecule has 0 spiro atoms. The Morgan fingerprint density at radius 2 is 1.27 bits per heavy atom. The third kappa shape index (κ3) is 7.81. The van der Waals surface area contributed by atoms with Crippen molar-refractivity contribution in [2.24, 2.45) is 5.41 Å². The maximum atomic E-state index is 12.6. The molecule has 0 aromatic carbocycles. The van der Waals surface area contributed by atoms with E-state index in [9.17, 15) is 9.59 Å². The number of rotatable bonds is 13. The molecule has 0 rings (SSSR count). The van der Waals surface area contributed by atoms with E-state index < -0.39 is 5.41 Å². The van der Waals surface area contributed by atoms with Crippen LogP contribution in [0.1, 0.15) is 85.5 Å². The van der Waals surface area contributed by atoms with E-state index in [-0.39, 0.29) is 18.4 Å². The Hall–Kier alpha value is -1.06. The molecule has 0 saturated heterocycles. The van der Waals surface area contributed by atoms with Crippen molar-refractivity contribution < 1.29 is 19.1 Å². The van der Waals surface area contributed by atoms with Crippen molar-refractivity contribution in [1.82, 2.24) is 0 Å². The summed E-state index contributed by atoms with van der Waals surface area (Å²) in [6.45, 7) is 9.06. The van der Waals surface area contributed by atoms with E-state index in [1.54, 1.807) is 0 Å². The second-order valence-electron chi connectivity index (χ2n) is 6.02. The number of carbonyl (C=O) groups excluding carboxylic acids is 2. The number of esters is 2. The predicted octanol–water partition coefficient (Wildman–Crippen LogP) is 4.65. The zero-order chi connectivity index (χ0) is 16.8. The van der Waals surface area contributed by atoms with Crippen molar-refractivity contribution in [1.29, 1.82) is 0 Å². The topological polar surface area (TPSA) is 52.6 Å². The first-order valence-corrected chi connectivity index (χ1v) is 8.89. The normalized spacial score (nSPS) is 11.3. The summed E-state index contributed by atoms with van der Waals surface area (Å²) in [6, 6.07) is 0. The van der Waals surface area contributed by atoms with Crippen LogP contribution in [0.3, 0.4) is 0 Å². The zero-order valence-electron chi connectivity index (χ0n) is 14.9. The van der Waals surface area contributed by atoms with Gasteiger partial charge in [0.05, 0.1) is 25.0 Å². The molecule has 0 aliphatic heterocycles. The molecule has 0 aliphatic carbocycles. The minimum atomic E-state index is -0.708. The van der Waals surface area contributed by atoms with Crippen molar-refractivity contribution in [2.75, 3.05) is 13.2 Å². The number of carbonyl (C=O) groups is 2. The first-order chi connectivity index (χ1) is 10.6. The Balaban J connectivity index is 4.81. The fraction of sp³-hybridized carbons (Fsp3) is 0.889. The molecule has 0 fully saturated rings. The number of ether oxygens (including phenoxy) is 2. The Morgan fingerprint density at radius 1 is 0.773 bits per heavy atom. The highest BCUT2D eigenvalue weighted by atomic mass is 16.5. The van der Waals surface area contributed by atoms with Crippen LogP contribution in [0.2, 0.25) is 0 Å². The largest absolute Gasteiger partial charge is 0.466 e. The molecule has 0 atom stereocenters. The quantitative estimate of drug-likeness (QED) is 0.367. The Morgan fingerprint density at radius 3 is 1.73 bits per heavy atom. The molecule has 0 radical (unpaired) electrons. The average Bonchev–Trinajstić information content (AvgIpc) is 2.48. The lowest BCUT2D eigenvalue weighted by Crippen LogP contribution is -2.36. The third-order valence-corrected chi connectivity index (χ3v) is 3.86. The zero-order valence-corrected chi connectivity index (χ0v) is 14.9. The van der Waals surface area contributed by atoms with Crippen molar-refractivity contribution in [3.05, 3.63) is 0 Å². The summed E-state index contributed by atoms with van der Waals surface area (Å²) in [5, 5.41) is 0. The minimum absolute atomic E-state index is 0.142. The van der Waals surface area contributed by atoms with E-state index in [4.69, 9.17) is 9.47 Å². The summed E-state index contributed by atoms with van der Waals surface area (Å²) in [7, 11) is 0. The van der Waals surface area contributed by atoms with E-state index in [0.29, 0.717) is 26.1 Å². The SMILES string of the molecule is CCCCOC(=O)CC(CCC)(CCC)C(=O)OCCCC. The smallest absolute Gasteiger partial charge is 0.312 e. The summed E-state index contributed by atoms with van der Waals surface area (Å²) >= 11 is 0. The number of hydrogen-bond acceptors (Lipinski definition) is 4. The number of unbranched alkanes of at least 4 members (excludes halogenated alkanes) is 2. The van der Waals surface area contributed by atoms with Gasteiger partial charge in [0, 0.05) is 0 Å².